The molecule has 0 amide bonds. The van der Waals surface area contributed by atoms with Gasteiger partial charge in [0.15, 0.2) is 0 Å². The predicted octanol–water partition coefficient (Wildman–Crippen LogP) is 3.23. The summed E-state index contributed by atoms with van der Waals surface area (Å²) in [7, 11) is 0. The van der Waals surface area contributed by atoms with Crippen molar-refractivity contribution in [1.82, 2.24) is 0 Å². The fraction of sp³-hybridized carbons (Fsp3) is 0.538. The summed E-state index contributed by atoms with van der Waals surface area (Å²) in [4.78, 5) is 0. The molecule has 0 spiro atoms. The number of benzene rings is 1. The molecule has 0 radical (unpaired) electrons. The van der Waals surface area contributed by atoms with Gasteiger partial charge >= 0.3 is 0 Å². The maximum atomic E-state index is 5.88. The Morgan fingerprint density at radius 1 is 1.38 bits per heavy atom. The lowest BCUT2D eigenvalue weighted by atomic mass is 10.1. The molecule has 0 saturated heterocycles. The van der Waals surface area contributed by atoms with E-state index in [0.29, 0.717) is 0 Å². The van der Waals surface area contributed by atoms with E-state index in [0.717, 1.165) is 30.1 Å². The molecule has 3 heteroatoms. The highest BCUT2D eigenvalue weighted by Gasteiger charge is 2.06. The molecule has 2 nitrogen and oxygen atoms in total. The van der Waals surface area contributed by atoms with Crippen LogP contribution in [-0.4, -0.2) is 18.1 Å². The van der Waals surface area contributed by atoms with E-state index >= 15 is 0 Å². The molecule has 1 atom stereocenters. The number of hydrogen-bond donors (Lipinski definition) is 1. The fourth-order valence-electron chi connectivity index (χ4n) is 1.48. The van der Waals surface area contributed by atoms with Crippen LogP contribution in [0.3, 0.4) is 0 Å². The van der Waals surface area contributed by atoms with E-state index in [4.69, 9.17) is 10.5 Å². The summed E-state index contributed by atoms with van der Waals surface area (Å²) < 4.78 is 5.75. The van der Waals surface area contributed by atoms with E-state index in [2.05, 4.69) is 6.92 Å². The molecule has 1 rings (SSSR count). The van der Waals surface area contributed by atoms with E-state index in [9.17, 15) is 0 Å². The largest absolute Gasteiger partial charge is 0.493 e. The number of hydrogen-bond acceptors (Lipinski definition) is 3. The second kappa shape index (κ2) is 7.58. The minimum absolute atomic E-state index is 0.0289. The zero-order valence-corrected chi connectivity index (χ0v) is 10.9. The third kappa shape index (κ3) is 4.45. The lowest BCUT2D eigenvalue weighted by Gasteiger charge is -2.13. The first-order chi connectivity index (χ1) is 7.75. The first kappa shape index (κ1) is 13.4. The molecule has 90 valence electrons. The zero-order chi connectivity index (χ0) is 11.8. The van der Waals surface area contributed by atoms with Crippen molar-refractivity contribution in [3.05, 3.63) is 29.8 Å². The summed E-state index contributed by atoms with van der Waals surface area (Å²) in [6.07, 6.45) is 1.09. The average molecular weight is 239 g/mol. The molecule has 1 unspecified atom stereocenters. The minimum atomic E-state index is 0.0289. The summed E-state index contributed by atoms with van der Waals surface area (Å²) in [5.74, 6) is 3.27. The van der Waals surface area contributed by atoms with Gasteiger partial charge in [-0.25, -0.2) is 0 Å². The Labute approximate surface area is 103 Å². The van der Waals surface area contributed by atoms with Crippen molar-refractivity contribution in [3.8, 4) is 5.75 Å². The summed E-state index contributed by atoms with van der Waals surface area (Å²) >= 11 is 1.95. The van der Waals surface area contributed by atoms with Crippen LogP contribution in [0.15, 0.2) is 24.3 Å². The molecule has 0 fully saturated rings. The maximum Gasteiger partial charge on any atom is 0.124 e. The van der Waals surface area contributed by atoms with Crippen molar-refractivity contribution in [3.63, 3.8) is 0 Å². The molecule has 0 saturated carbocycles. The van der Waals surface area contributed by atoms with Crippen LogP contribution in [0.2, 0.25) is 0 Å². The van der Waals surface area contributed by atoms with Gasteiger partial charge < -0.3 is 10.5 Å². The summed E-state index contributed by atoms with van der Waals surface area (Å²) in [5, 5.41) is 0. The number of rotatable bonds is 7. The Bertz CT molecular complexity index is 302. The van der Waals surface area contributed by atoms with Crippen molar-refractivity contribution in [2.24, 2.45) is 5.73 Å². The van der Waals surface area contributed by atoms with E-state index < -0.39 is 0 Å². The molecular weight excluding hydrogens is 218 g/mol. The first-order valence-corrected chi connectivity index (χ1v) is 6.96. The summed E-state index contributed by atoms with van der Waals surface area (Å²) in [6.45, 7) is 4.93. The standard InChI is InChI=1S/C13H21NOS/c1-3-16-10-6-9-15-13-8-5-4-7-12(13)11(2)14/h4-5,7-8,11H,3,6,9-10,14H2,1-2H3. The SMILES string of the molecule is CCSCCCOc1ccccc1C(C)N. The van der Waals surface area contributed by atoms with Gasteiger partial charge in [0.25, 0.3) is 0 Å². The maximum absolute atomic E-state index is 5.88. The van der Waals surface area contributed by atoms with Gasteiger partial charge in [-0.05, 0) is 30.9 Å². The monoisotopic (exact) mass is 239 g/mol. The summed E-state index contributed by atoms with van der Waals surface area (Å²) in [5.41, 5.74) is 6.97. The smallest absolute Gasteiger partial charge is 0.124 e. The van der Waals surface area contributed by atoms with Crippen LogP contribution in [0, 0.1) is 0 Å². The molecule has 0 aromatic heterocycles. The fourth-order valence-corrected chi connectivity index (χ4v) is 2.09. The first-order valence-electron chi connectivity index (χ1n) is 5.80. The van der Waals surface area contributed by atoms with Gasteiger partial charge in [0.05, 0.1) is 6.61 Å². The van der Waals surface area contributed by atoms with E-state index in [1.54, 1.807) is 0 Å². The highest BCUT2D eigenvalue weighted by Crippen LogP contribution is 2.23. The molecule has 1 aromatic rings. The third-order valence-electron chi connectivity index (χ3n) is 2.30. The van der Waals surface area contributed by atoms with E-state index in [1.165, 1.54) is 5.75 Å². The second-order valence-corrected chi connectivity index (χ2v) is 5.12. The molecule has 0 aliphatic carbocycles. The van der Waals surface area contributed by atoms with Crippen molar-refractivity contribution in [2.75, 3.05) is 18.1 Å². The van der Waals surface area contributed by atoms with Gasteiger partial charge in [-0.15, -0.1) is 0 Å². The Morgan fingerprint density at radius 2 is 2.12 bits per heavy atom. The number of para-hydroxylation sites is 1. The van der Waals surface area contributed by atoms with Gasteiger partial charge in [0.1, 0.15) is 5.75 Å². The normalized spacial score (nSPS) is 12.4. The molecule has 0 bridgehead atoms. The number of ether oxygens (including phenoxy) is 1. The zero-order valence-electron chi connectivity index (χ0n) is 10.1. The predicted molar refractivity (Wildman–Crippen MR) is 72.2 cm³/mol. The third-order valence-corrected chi connectivity index (χ3v) is 3.29. The van der Waals surface area contributed by atoms with Crippen LogP contribution >= 0.6 is 11.8 Å². The van der Waals surface area contributed by atoms with Crippen molar-refractivity contribution in [1.29, 1.82) is 0 Å². The highest BCUT2D eigenvalue weighted by atomic mass is 32.2. The molecule has 0 aliphatic heterocycles. The van der Waals surface area contributed by atoms with Crippen molar-refractivity contribution in [2.45, 2.75) is 26.3 Å². The van der Waals surface area contributed by atoms with E-state index in [1.807, 2.05) is 43.0 Å². The lowest BCUT2D eigenvalue weighted by Crippen LogP contribution is -2.08. The van der Waals surface area contributed by atoms with E-state index in [-0.39, 0.29) is 6.04 Å². The Kier molecular flexibility index (Phi) is 6.34. The van der Waals surface area contributed by atoms with Gasteiger partial charge in [-0.2, -0.15) is 11.8 Å². The van der Waals surface area contributed by atoms with Crippen LogP contribution in [0.25, 0.3) is 0 Å². The van der Waals surface area contributed by atoms with Gasteiger partial charge in [0, 0.05) is 11.6 Å². The highest BCUT2D eigenvalue weighted by molar-refractivity contribution is 7.99. The van der Waals surface area contributed by atoms with Crippen LogP contribution in [-0.2, 0) is 0 Å². The van der Waals surface area contributed by atoms with Crippen LogP contribution in [0.4, 0.5) is 0 Å². The van der Waals surface area contributed by atoms with Gasteiger partial charge in [0.2, 0.25) is 0 Å². The summed E-state index contributed by atoms with van der Waals surface area (Å²) in [6, 6.07) is 8.04. The Balaban J connectivity index is 2.41. The molecule has 0 aliphatic rings. The quantitative estimate of drug-likeness (QED) is 0.742. The average Bonchev–Trinajstić information content (AvgIpc) is 2.29. The van der Waals surface area contributed by atoms with Gasteiger partial charge in [-0.1, -0.05) is 25.1 Å². The lowest BCUT2D eigenvalue weighted by molar-refractivity contribution is 0.314. The molecule has 16 heavy (non-hydrogen) atoms. The Morgan fingerprint density at radius 3 is 2.81 bits per heavy atom. The molecular formula is C13H21NOS. The van der Waals surface area contributed by atoms with Crippen molar-refractivity contribution < 1.29 is 4.74 Å². The molecule has 1 aromatic carbocycles. The minimum Gasteiger partial charge on any atom is -0.493 e. The van der Waals surface area contributed by atoms with Crippen LogP contribution in [0.5, 0.6) is 5.75 Å². The molecule has 0 heterocycles. The number of thioether (sulfide) groups is 1. The topological polar surface area (TPSA) is 35.2 Å². The molecule has 2 N–H and O–H groups in total. The Hall–Kier alpha value is -0.670. The van der Waals surface area contributed by atoms with Crippen LogP contribution in [0.1, 0.15) is 31.9 Å². The van der Waals surface area contributed by atoms with Gasteiger partial charge in [-0.3, -0.25) is 0 Å². The van der Waals surface area contributed by atoms with Crippen LogP contribution < -0.4 is 10.5 Å². The number of nitrogens with two attached hydrogens (primary N) is 1. The van der Waals surface area contributed by atoms with Crippen molar-refractivity contribution >= 4 is 11.8 Å². The second-order valence-electron chi connectivity index (χ2n) is 3.73.